The minimum Gasteiger partial charge on any atom is -0.305 e. The Bertz CT molecular complexity index is 1020. The molecule has 0 fully saturated rings. The van der Waals surface area contributed by atoms with Crippen LogP contribution in [0.15, 0.2) is 64.9 Å². The highest BCUT2D eigenvalue weighted by Gasteiger charge is 2.22. The summed E-state index contributed by atoms with van der Waals surface area (Å²) in [5.74, 6) is 0.960. The summed E-state index contributed by atoms with van der Waals surface area (Å²) >= 11 is 7.30. The maximum Gasteiger partial charge on any atom is 0.253 e. The fourth-order valence-electron chi connectivity index (χ4n) is 2.96. The molecule has 0 N–H and O–H groups in total. The molecule has 0 aliphatic carbocycles. The normalized spacial score (nSPS) is 13.6. The number of aromatic nitrogens is 3. The molecule has 4 rings (SSSR count). The second-order valence-corrected chi connectivity index (χ2v) is 7.72. The van der Waals surface area contributed by atoms with Crippen molar-refractivity contribution in [3.63, 3.8) is 0 Å². The van der Waals surface area contributed by atoms with Gasteiger partial charge in [0, 0.05) is 24.1 Å². The predicted molar refractivity (Wildman–Crippen MR) is 111 cm³/mol. The van der Waals surface area contributed by atoms with Crippen LogP contribution >= 0.6 is 23.4 Å². The number of hydrogen-bond acceptors (Lipinski definition) is 5. The molecule has 0 bridgehead atoms. The molecule has 1 aromatic heterocycles. The molecule has 0 saturated carbocycles. The van der Waals surface area contributed by atoms with Crippen LogP contribution in [0.25, 0.3) is 11.4 Å². The lowest BCUT2D eigenvalue weighted by Gasteiger charge is -2.10. The second-order valence-electron chi connectivity index (χ2n) is 6.34. The van der Waals surface area contributed by atoms with E-state index in [4.69, 9.17) is 11.6 Å². The van der Waals surface area contributed by atoms with Gasteiger partial charge < -0.3 is 4.57 Å². The molecule has 0 atom stereocenters. The van der Waals surface area contributed by atoms with Gasteiger partial charge in [-0.2, -0.15) is 5.10 Å². The Morgan fingerprint density at radius 1 is 1.07 bits per heavy atom. The number of rotatable bonds is 5. The van der Waals surface area contributed by atoms with Gasteiger partial charge in [-0.1, -0.05) is 53.7 Å². The van der Waals surface area contributed by atoms with Crippen LogP contribution in [-0.2, 0) is 11.8 Å². The maximum absolute atomic E-state index is 12.5. The lowest BCUT2D eigenvalue weighted by Crippen LogP contribution is -2.25. The molecule has 1 aliphatic rings. The standard InChI is InChI=1S/C20H18ClN5OS/c1-25-19(15-7-9-16(21)10-8-15)22-23-20(25)28-13-18(27)26-12-11-17(24-26)14-5-3-2-4-6-14/h2-10H,11-13H2,1H3. The van der Waals surface area contributed by atoms with Crippen LogP contribution in [0.2, 0.25) is 5.02 Å². The molecule has 6 nitrogen and oxygen atoms in total. The number of carbonyl (C=O) groups excluding carboxylic acids is 1. The van der Waals surface area contributed by atoms with Crippen molar-refractivity contribution in [1.29, 1.82) is 0 Å². The third kappa shape index (κ3) is 3.95. The molecule has 0 unspecified atom stereocenters. The summed E-state index contributed by atoms with van der Waals surface area (Å²) in [6.07, 6.45) is 0.769. The summed E-state index contributed by atoms with van der Waals surface area (Å²) in [5, 5.41) is 15.8. The molecule has 2 aromatic carbocycles. The molecule has 0 radical (unpaired) electrons. The van der Waals surface area contributed by atoms with Crippen molar-refractivity contribution in [2.24, 2.45) is 12.1 Å². The van der Waals surface area contributed by atoms with Crippen molar-refractivity contribution in [1.82, 2.24) is 19.8 Å². The van der Waals surface area contributed by atoms with Gasteiger partial charge in [-0.25, -0.2) is 5.01 Å². The van der Waals surface area contributed by atoms with Crippen LogP contribution in [0.5, 0.6) is 0 Å². The zero-order valence-electron chi connectivity index (χ0n) is 15.2. The van der Waals surface area contributed by atoms with E-state index in [1.54, 1.807) is 5.01 Å². The fraction of sp³-hybridized carbons (Fsp3) is 0.200. The average Bonchev–Trinajstić information content (AvgIpc) is 3.35. The maximum atomic E-state index is 12.5. The Morgan fingerprint density at radius 3 is 2.57 bits per heavy atom. The van der Waals surface area contributed by atoms with Gasteiger partial charge in [-0.15, -0.1) is 10.2 Å². The summed E-state index contributed by atoms with van der Waals surface area (Å²) in [4.78, 5) is 12.5. The lowest BCUT2D eigenvalue weighted by molar-refractivity contribution is -0.127. The van der Waals surface area contributed by atoms with E-state index in [0.29, 0.717) is 16.7 Å². The SMILES string of the molecule is Cn1c(SCC(=O)N2CCC(c3ccccc3)=N2)nnc1-c1ccc(Cl)cc1. The molecular weight excluding hydrogens is 394 g/mol. The van der Waals surface area contributed by atoms with Crippen LogP contribution in [-0.4, -0.2) is 43.7 Å². The zero-order valence-corrected chi connectivity index (χ0v) is 16.8. The van der Waals surface area contributed by atoms with Gasteiger partial charge in [0.05, 0.1) is 18.0 Å². The summed E-state index contributed by atoms with van der Waals surface area (Å²) in [5.41, 5.74) is 2.93. The van der Waals surface area contributed by atoms with Crippen LogP contribution in [0.1, 0.15) is 12.0 Å². The molecule has 1 aliphatic heterocycles. The number of amides is 1. The van der Waals surface area contributed by atoms with Crippen molar-refractivity contribution >= 4 is 35.0 Å². The number of halogens is 1. The third-order valence-electron chi connectivity index (χ3n) is 4.46. The van der Waals surface area contributed by atoms with Gasteiger partial charge in [0.2, 0.25) is 0 Å². The smallest absolute Gasteiger partial charge is 0.253 e. The first-order chi connectivity index (χ1) is 13.6. The highest BCUT2D eigenvalue weighted by molar-refractivity contribution is 7.99. The molecule has 0 spiro atoms. The molecule has 3 aromatic rings. The third-order valence-corrected chi connectivity index (χ3v) is 5.72. The highest BCUT2D eigenvalue weighted by atomic mass is 35.5. The molecule has 28 heavy (non-hydrogen) atoms. The summed E-state index contributed by atoms with van der Waals surface area (Å²) in [7, 11) is 1.89. The predicted octanol–water partition coefficient (Wildman–Crippen LogP) is 3.86. The highest BCUT2D eigenvalue weighted by Crippen LogP contribution is 2.24. The van der Waals surface area contributed by atoms with Gasteiger partial charge in [0.1, 0.15) is 0 Å². The van der Waals surface area contributed by atoms with Crippen LogP contribution in [0.3, 0.4) is 0 Å². The Kier molecular flexibility index (Phi) is 5.45. The first-order valence-electron chi connectivity index (χ1n) is 8.83. The van der Waals surface area contributed by atoms with Gasteiger partial charge in [0.25, 0.3) is 5.91 Å². The van der Waals surface area contributed by atoms with Crippen molar-refractivity contribution in [2.45, 2.75) is 11.6 Å². The summed E-state index contributed by atoms with van der Waals surface area (Å²) < 4.78 is 1.88. The average molecular weight is 412 g/mol. The lowest BCUT2D eigenvalue weighted by atomic mass is 10.1. The van der Waals surface area contributed by atoms with Crippen molar-refractivity contribution < 1.29 is 4.79 Å². The van der Waals surface area contributed by atoms with E-state index in [1.807, 2.05) is 66.2 Å². The number of nitrogens with zero attached hydrogens (tertiary/aromatic N) is 5. The fourth-order valence-corrected chi connectivity index (χ4v) is 3.87. The van der Waals surface area contributed by atoms with Gasteiger partial charge in [-0.05, 0) is 29.8 Å². The van der Waals surface area contributed by atoms with E-state index in [9.17, 15) is 4.79 Å². The van der Waals surface area contributed by atoms with E-state index < -0.39 is 0 Å². The van der Waals surface area contributed by atoms with Crippen molar-refractivity contribution in [3.05, 3.63) is 65.2 Å². The monoisotopic (exact) mass is 411 g/mol. The van der Waals surface area contributed by atoms with Crippen LogP contribution < -0.4 is 0 Å². The second kappa shape index (κ2) is 8.16. The Labute approximate surface area is 172 Å². The number of hydrazone groups is 1. The Balaban J connectivity index is 1.40. The largest absolute Gasteiger partial charge is 0.305 e. The number of benzene rings is 2. The molecule has 2 heterocycles. The summed E-state index contributed by atoms with van der Waals surface area (Å²) in [6, 6.07) is 17.4. The van der Waals surface area contributed by atoms with Gasteiger partial charge in [0.15, 0.2) is 11.0 Å². The van der Waals surface area contributed by atoms with Gasteiger partial charge >= 0.3 is 0 Å². The Hall–Kier alpha value is -2.64. The quantitative estimate of drug-likeness (QED) is 0.598. The van der Waals surface area contributed by atoms with E-state index in [0.717, 1.165) is 29.1 Å². The molecule has 8 heteroatoms. The zero-order chi connectivity index (χ0) is 19.5. The van der Waals surface area contributed by atoms with Crippen molar-refractivity contribution in [2.75, 3.05) is 12.3 Å². The topological polar surface area (TPSA) is 63.4 Å². The number of thioether (sulfide) groups is 1. The minimum absolute atomic E-state index is 0.0352. The molecule has 0 saturated heterocycles. The van der Waals surface area contributed by atoms with E-state index >= 15 is 0 Å². The van der Waals surface area contributed by atoms with Crippen LogP contribution in [0.4, 0.5) is 0 Å². The number of hydrogen-bond donors (Lipinski definition) is 0. The molecule has 142 valence electrons. The van der Waals surface area contributed by atoms with E-state index in [2.05, 4.69) is 15.3 Å². The molecule has 1 amide bonds. The Morgan fingerprint density at radius 2 is 1.82 bits per heavy atom. The number of carbonyl (C=O) groups is 1. The first kappa shape index (κ1) is 18.7. The van der Waals surface area contributed by atoms with Crippen molar-refractivity contribution in [3.8, 4) is 11.4 Å². The van der Waals surface area contributed by atoms with E-state index in [1.165, 1.54) is 11.8 Å². The summed E-state index contributed by atoms with van der Waals surface area (Å²) in [6.45, 7) is 0.610. The minimum atomic E-state index is -0.0352. The van der Waals surface area contributed by atoms with E-state index in [-0.39, 0.29) is 11.7 Å². The first-order valence-corrected chi connectivity index (χ1v) is 10.2. The molecular formula is C20H18ClN5OS. The van der Waals surface area contributed by atoms with Crippen LogP contribution in [0, 0.1) is 0 Å². The van der Waals surface area contributed by atoms with Gasteiger partial charge in [-0.3, -0.25) is 4.79 Å².